The molecule has 1 amide bonds. The van der Waals surface area contributed by atoms with E-state index in [-0.39, 0.29) is 6.09 Å². The van der Waals surface area contributed by atoms with Crippen LogP contribution in [0.2, 0.25) is 5.15 Å². The van der Waals surface area contributed by atoms with Crippen LogP contribution >= 0.6 is 11.6 Å². The summed E-state index contributed by atoms with van der Waals surface area (Å²) in [4.78, 5) is 20.5. The molecular weight excluding hydrogens is 330 g/mol. The Hall–Kier alpha value is -1.86. The van der Waals surface area contributed by atoms with Crippen LogP contribution in [-0.2, 0) is 11.3 Å². The molecule has 0 aliphatic rings. The third-order valence-corrected chi connectivity index (χ3v) is 3.48. The van der Waals surface area contributed by atoms with Gasteiger partial charge in [0.1, 0.15) is 10.8 Å². The first-order valence-electron chi connectivity index (χ1n) is 7.77. The van der Waals surface area contributed by atoms with Gasteiger partial charge in [0.25, 0.3) is 0 Å². The van der Waals surface area contributed by atoms with E-state index in [9.17, 15) is 4.79 Å². The number of fused-ring (bicyclic) bond motifs is 1. The molecule has 2 heterocycles. The third kappa shape index (κ3) is 5.07. The number of amides is 1. The summed E-state index contributed by atoms with van der Waals surface area (Å²) in [6.07, 6.45) is 1.31. The molecule has 132 valence electrons. The average molecular weight is 354 g/mol. The van der Waals surface area contributed by atoms with Crippen molar-refractivity contribution >= 4 is 28.6 Å². The van der Waals surface area contributed by atoms with Crippen LogP contribution in [-0.4, -0.2) is 63.9 Å². The molecule has 0 fully saturated rings. The first kappa shape index (κ1) is 18.5. The van der Waals surface area contributed by atoms with Gasteiger partial charge in [0, 0.05) is 18.5 Å². The van der Waals surface area contributed by atoms with Crippen LogP contribution in [0.5, 0.6) is 0 Å². The molecule has 7 nitrogen and oxygen atoms in total. The van der Waals surface area contributed by atoms with Gasteiger partial charge in [0.05, 0.1) is 24.0 Å². The van der Waals surface area contributed by atoms with E-state index in [2.05, 4.69) is 15.2 Å². The second-order valence-corrected chi connectivity index (χ2v) is 7.32. The Morgan fingerprint density at radius 2 is 2.04 bits per heavy atom. The number of hydrogen-bond donors (Lipinski definition) is 1. The van der Waals surface area contributed by atoms with Crippen LogP contribution in [0.1, 0.15) is 26.5 Å². The Morgan fingerprint density at radius 3 is 2.67 bits per heavy atom. The minimum absolute atomic E-state index is 0.294. The van der Waals surface area contributed by atoms with E-state index in [1.54, 1.807) is 17.2 Å². The zero-order valence-corrected chi connectivity index (χ0v) is 15.5. The summed E-state index contributed by atoms with van der Waals surface area (Å²) in [5.41, 5.74) is 0.885. The number of hydrogen-bond acceptors (Lipinski definition) is 5. The lowest BCUT2D eigenvalue weighted by Crippen LogP contribution is -2.40. The van der Waals surface area contributed by atoms with Crippen LogP contribution in [0.15, 0.2) is 12.3 Å². The summed E-state index contributed by atoms with van der Waals surface area (Å²) in [6, 6.07) is 1.74. The van der Waals surface area contributed by atoms with Crippen LogP contribution in [0, 0.1) is 0 Å². The highest BCUT2D eigenvalue weighted by Gasteiger charge is 2.23. The quantitative estimate of drug-likeness (QED) is 0.836. The minimum atomic E-state index is -0.557. The molecule has 0 saturated carbocycles. The standard InChI is InChI=1S/C16H24ClN5O2/c1-16(2,3)24-15(23)22(7-6-21(4)5)10-12-14-11(9-18-20-14)8-13(17)19-12/h8-9H,6-7,10H2,1-5H3,(H,18,20). The number of nitrogens with zero attached hydrogens (tertiary/aromatic N) is 4. The molecule has 0 aliphatic heterocycles. The highest BCUT2D eigenvalue weighted by molar-refractivity contribution is 6.30. The van der Waals surface area contributed by atoms with Gasteiger partial charge >= 0.3 is 6.09 Å². The number of pyridine rings is 1. The molecule has 0 unspecified atom stereocenters. The predicted molar refractivity (Wildman–Crippen MR) is 94.1 cm³/mol. The number of aromatic nitrogens is 3. The summed E-state index contributed by atoms with van der Waals surface area (Å²) < 4.78 is 5.51. The number of likely N-dealkylation sites (N-methyl/N-ethyl adjacent to an activating group) is 1. The minimum Gasteiger partial charge on any atom is -0.444 e. The Kier molecular flexibility index (Phi) is 5.66. The van der Waals surface area contributed by atoms with E-state index in [4.69, 9.17) is 16.3 Å². The van der Waals surface area contributed by atoms with E-state index in [1.165, 1.54) is 0 Å². The average Bonchev–Trinajstić information content (AvgIpc) is 2.88. The maximum atomic E-state index is 12.5. The van der Waals surface area contributed by atoms with Gasteiger partial charge in [-0.1, -0.05) is 11.6 Å². The lowest BCUT2D eigenvalue weighted by atomic mass is 10.2. The monoisotopic (exact) mass is 353 g/mol. The summed E-state index contributed by atoms with van der Waals surface area (Å²) in [5.74, 6) is 0. The fraction of sp³-hybridized carbons (Fsp3) is 0.562. The van der Waals surface area contributed by atoms with Gasteiger partial charge < -0.3 is 14.5 Å². The van der Waals surface area contributed by atoms with Crippen molar-refractivity contribution in [3.8, 4) is 0 Å². The van der Waals surface area contributed by atoms with Crippen LogP contribution in [0.25, 0.3) is 10.9 Å². The van der Waals surface area contributed by atoms with E-state index >= 15 is 0 Å². The van der Waals surface area contributed by atoms with E-state index in [0.717, 1.165) is 10.9 Å². The SMILES string of the molecule is CN(C)CCN(Cc1nc(Cl)cc2cn[nH]c12)C(=O)OC(C)(C)C. The molecule has 8 heteroatoms. The summed E-state index contributed by atoms with van der Waals surface area (Å²) in [5, 5.41) is 8.17. The molecule has 0 aliphatic carbocycles. The lowest BCUT2D eigenvalue weighted by molar-refractivity contribution is 0.0222. The molecule has 0 aromatic carbocycles. The first-order chi connectivity index (χ1) is 11.2. The Bertz CT molecular complexity index is 708. The fourth-order valence-corrected chi connectivity index (χ4v) is 2.38. The number of carbonyl (C=O) groups is 1. The Labute approximate surface area is 146 Å². The predicted octanol–water partition coefficient (Wildman–Crippen LogP) is 2.91. The zero-order valence-electron chi connectivity index (χ0n) is 14.8. The smallest absolute Gasteiger partial charge is 0.410 e. The van der Waals surface area contributed by atoms with E-state index < -0.39 is 5.60 Å². The Morgan fingerprint density at radius 1 is 1.33 bits per heavy atom. The van der Waals surface area contributed by atoms with E-state index in [0.29, 0.717) is 30.5 Å². The fourth-order valence-electron chi connectivity index (χ4n) is 2.16. The second kappa shape index (κ2) is 7.36. The van der Waals surface area contributed by atoms with Crippen molar-refractivity contribution in [1.29, 1.82) is 0 Å². The van der Waals surface area contributed by atoms with Crippen molar-refractivity contribution in [3.63, 3.8) is 0 Å². The molecule has 2 rings (SSSR count). The van der Waals surface area contributed by atoms with Crippen molar-refractivity contribution in [3.05, 3.63) is 23.1 Å². The molecule has 2 aromatic rings. The second-order valence-electron chi connectivity index (χ2n) is 6.93. The maximum Gasteiger partial charge on any atom is 0.410 e. The molecule has 0 saturated heterocycles. The van der Waals surface area contributed by atoms with Gasteiger partial charge in [-0.05, 0) is 40.9 Å². The molecule has 1 N–H and O–H groups in total. The van der Waals surface area contributed by atoms with Crippen molar-refractivity contribution < 1.29 is 9.53 Å². The molecule has 24 heavy (non-hydrogen) atoms. The van der Waals surface area contributed by atoms with Gasteiger partial charge in [-0.25, -0.2) is 9.78 Å². The normalized spacial score (nSPS) is 12.0. The number of carbonyl (C=O) groups excluding carboxylic acids is 1. The first-order valence-corrected chi connectivity index (χ1v) is 8.14. The number of halogens is 1. The topological polar surface area (TPSA) is 74.4 Å². The van der Waals surface area contributed by atoms with Gasteiger partial charge in [-0.15, -0.1) is 0 Å². The number of ether oxygens (including phenoxy) is 1. The van der Waals surface area contributed by atoms with Gasteiger partial charge in [0.15, 0.2) is 0 Å². The largest absolute Gasteiger partial charge is 0.444 e. The zero-order chi connectivity index (χ0) is 17.9. The molecule has 0 radical (unpaired) electrons. The van der Waals surface area contributed by atoms with Crippen molar-refractivity contribution in [2.45, 2.75) is 32.9 Å². The summed E-state index contributed by atoms with van der Waals surface area (Å²) in [7, 11) is 3.91. The van der Waals surface area contributed by atoms with Crippen molar-refractivity contribution in [2.24, 2.45) is 0 Å². The lowest BCUT2D eigenvalue weighted by Gasteiger charge is -2.28. The van der Waals surface area contributed by atoms with Crippen molar-refractivity contribution in [2.75, 3.05) is 27.2 Å². The van der Waals surface area contributed by atoms with Gasteiger partial charge in [-0.2, -0.15) is 5.10 Å². The summed E-state index contributed by atoms with van der Waals surface area (Å²) in [6.45, 7) is 7.07. The van der Waals surface area contributed by atoms with Crippen molar-refractivity contribution in [1.82, 2.24) is 25.0 Å². The number of rotatable bonds is 5. The molecule has 2 aromatic heterocycles. The molecular formula is C16H24ClN5O2. The highest BCUT2D eigenvalue weighted by Crippen LogP contribution is 2.21. The summed E-state index contributed by atoms with van der Waals surface area (Å²) >= 11 is 6.08. The van der Waals surface area contributed by atoms with Crippen LogP contribution < -0.4 is 0 Å². The highest BCUT2D eigenvalue weighted by atomic mass is 35.5. The molecule has 0 bridgehead atoms. The van der Waals surface area contributed by atoms with Crippen LogP contribution in [0.3, 0.4) is 0 Å². The number of H-pyrrole nitrogens is 1. The number of nitrogens with one attached hydrogen (secondary N) is 1. The van der Waals surface area contributed by atoms with Crippen LogP contribution in [0.4, 0.5) is 4.79 Å². The molecule has 0 spiro atoms. The number of aromatic amines is 1. The molecule has 0 atom stereocenters. The maximum absolute atomic E-state index is 12.5. The Balaban J connectivity index is 2.25. The third-order valence-electron chi connectivity index (χ3n) is 3.28. The van der Waals surface area contributed by atoms with Gasteiger partial charge in [0.2, 0.25) is 0 Å². The van der Waals surface area contributed by atoms with Gasteiger partial charge in [-0.3, -0.25) is 5.10 Å². The van der Waals surface area contributed by atoms with E-state index in [1.807, 2.05) is 39.8 Å².